The minimum absolute atomic E-state index is 0.0875. The standard InChI is InChI=1S/C30H35Cl2N3O4S/c1-5-22(3)33-30(37)28(17-23-12-7-6-8-13-23)34(19-24-14-10-9-11-21(24)2)29(36)20-35(40(4,38)39)27-18-25(31)15-16-26(27)32/h6-16,18,22,28H,5,17,19-20H2,1-4H3,(H,33,37). The lowest BCUT2D eigenvalue weighted by Crippen LogP contribution is -2.54. The Balaban J connectivity index is 2.10. The Morgan fingerprint density at radius 2 is 1.62 bits per heavy atom. The highest BCUT2D eigenvalue weighted by Gasteiger charge is 2.34. The maximum Gasteiger partial charge on any atom is 0.244 e. The van der Waals surface area contributed by atoms with E-state index in [1.165, 1.54) is 23.1 Å². The van der Waals surface area contributed by atoms with Gasteiger partial charge in [-0.1, -0.05) is 84.7 Å². The molecular formula is C30H35Cl2N3O4S. The number of nitrogens with one attached hydrogen (secondary N) is 1. The van der Waals surface area contributed by atoms with E-state index in [-0.39, 0.29) is 40.6 Å². The first kappa shape index (κ1) is 31.5. The Morgan fingerprint density at radius 1 is 0.975 bits per heavy atom. The maximum atomic E-state index is 14.1. The highest BCUT2D eigenvalue weighted by Crippen LogP contribution is 2.31. The van der Waals surface area contributed by atoms with Crippen LogP contribution in [0.4, 0.5) is 5.69 Å². The molecule has 0 fully saturated rings. The van der Waals surface area contributed by atoms with Crippen LogP contribution in [0.2, 0.25) is 10.0 Å². The molecule has 0 saturated heterocycles. The van der Waals surface area contributed by atoms with Crippen molar-refractivity contribution in [3.8, 4) is 0 Å². The number of carbonyl (C=O) groups is 2. The molecule has 0 spiro atoms. The first-order chi connectivity index (χ1) is 18.9. The van der Waals surface area contributed by atoms with E-state index in [2.05, 4.69) is 5.32 Å². The van der Waals surface area contributed by atoms with Crippen LogP contribution in [0.5, 0.6) is 0 Å². The molecule has 2 atom stereocenters. The molecule has 3 rings (SSSR count). The van der Waals surface area contributed by atoms with Gasteiger partial charge in [-0.05, 0) is 55.2 Å². The van der Waals surface area contributed by atoms with Crippen molar-refractivity contribution in [2.45, 2.75) is 52.2 Å². The van der Waals surface area contributed by atoms with E-state index in [0.717, 1.165) is 27.3 Å². The molecule has 0 aliphatic rings. The number of amides is 2. The number of anilines is 1. The van der Waals surface area contributed by atoms with Gasteiger partial charge in [0.25, 0.3) is 0 Å². The Kier molecular flexibility index (Phi) is 11.0. The Bertz CT molecular complexity index is 1430. The fraction of sp³-hybridized carbons (Fsp3) is 0.333. The molecule has 0 heterocycles. The van der Waals surface area contributed by atoms with Crippen molar-refractivity contribution < 1.29 is 18.0 Å². The van der Waals surface area contributed by atoms with Crippen LogP contribution < -0.4 is 9.62 Å². The van der Waals surface area contributed by atoms with E-state index in [9.17, 15) is 18.0 Å². The fourth-order valence-electron chi connectivity index (χ4n) is 4.24. The summed E-state index contributed by atoms with van der Waals surface area (Å²) >= 11 is 12.5. The molecule has 0 radical (unpaired) electrons. The van der Waals surface area contributed by atoms with Crippen molar-refractivity contribution in [3.63, 3.8) is 0 Å². The molecule has 0 aromatic heterocycles. The van der Waals surface area contributed by atoms with Crippen LogP contribution in [-0.4, -0.2) is 50.0 Å². The van der Waals surface area contributed by atoms with Crippen LogP contribution >= 0.6 is 23.2 Å². The molecule has 214 valence electrons. The molecule has 2 amide bonds. The summed E-state index contributed by atoms with van der Waals surface area (Å²) in [6, 6.07) is 20.4. The van der Waals surface area contributed by atoms with Crippen LogP contribution in [0.3, 0.4) is 0 Å². The van der Waals surface area contributed by atoms with Gasteiger partial charge < -0.3 is 10.2 Å². The molecule has 0 bridgehead atoms. The molecule has 40 heavy (non-hydrogen) atoms. The molecule has 7 nitrogen and oxygen atoms in total. The number of hydrogen-bond acceptors (Lipinski definition) is 4. The Morgan fingerprint density at radius 3 is 2.25 bits per heavy atom. The Hall–Kier alpha value is -3.07. The van der Waals surface area contributed by atoms with Gasteiger partial charge in [0.05, 0.1) is 17.0 Å². The predicted molar refractivity (Wildman–Crippen MR) is 162 cm³/mol. The third-order valence-electron chi connectivity index (χ3n) is 6.73. The number of aryl methyl sites for hydroxylation is 1. The van der Waals surface area contributed by atoms with E-state index in [0.29, 0.717) is 6.42 Å². The topological polar surface area (TPSA) is 86.8 Å². The van der Waals surface area contributed by atoms with Gasteiger partial charge >= 0.3 is 0 Å². The monoisotopic (exact) mass is 603 g/mol. The minimum atomic E-state index is -3.95. The molecule has 3 aromatic carbocycles. The summed E-state index contributed by atoms with van der Waals surface area (Å²) in [5.41, 5.74) is 2.74. The van der Waals surface area contributed by atoms with Crippen molar-refractivity contribution in [1.82, 2.24) is 10.2 Å². The zero-order valence-corrected chi connectivity index (χ0v) is 25.4. The van der Waals surface area contributed by atoms with Gasteiger partial charge in [-0.3, -0.25) is 13.9 Å². The average Bonchev–Trinajstić information content (AvgIpc) is 2.91. The summed E-state index contributed by atoms with van der Waals surface area (Å²) in [5.74, 6) is -0.864. The lowest BCUT2D eigenvalue weighted by Gasteiger charge is -2.34. The zero-order chi connectivity index (χ0) is 29.4. The summed E-state index contributed by atoms with van der Waals surface area (Å²) in [7, 11) is -3.95. The summed E-state index contributed by atoms with van der Waals surface area (Å²) in [6.45, 7) is 5.34. The molecular weight excluding hydrogens is 569 g/mol. The van der Waals surface area contributed by atoms with Gasteiger partial charge in [0.15, 0.2) is 0 Å². The third-order valence-corrected chi connectivity index (χ3v) is 8.41. The average molecular weight is 605 g/mol. The van der Waals surface area contributed by atoms with Crippen LogP contribution in [0, 0.1) is 6.92 Å². The zero-order valence-electron chi connectivity index (χ0n) is 23.1. The molecule has 0 saturated carbocycles. The third kappa shape index (κ3) is 8.46. The SMILES string of the molecule is CCC(C)NC(=O)C(Cc1ccccc1)N(Cc1ccccc1C)C(=O)CN(c1cc(Cl)ccc1Cl)S(C)(=O)=O. The van der Waals surface area contributed by atoms with Crippen LogP contribution in [-0.2, 0) is 32.6 Å². The van der Waals surface area contributed by atoms with Crippen LogP contribution in [0.1, 0.15) is 37.0 Å². The molecule has 10 heteroatoms. The number of sulfonamides is 1. The summed E-state index contributed by atoms with van der Waals surface area (Å²) in [5, 5.41) is 3.41. The number of halogens is 2. The maximum absolute atomic E-state index is 14.1. The van der Waals surface area contributed by atoms with Crippen molar-refractivity contribution in [2.24, 2.45) is 0 Å². The van der Waals surface area contributed by atoms with E-state index < -0.39 is 28.5 Å². The number of nitrogens with zero attached hydrogens (tertiary/aromatic N) is 2. The normalized spacial score (nSPS) is 12.8. The van der Waals surface area contributed by atoms with E-state index in [1.54, 1.807) is 0 Å². The highest BCUT2D eigenvalue weighted by molar-refractivity contribution is 7.92. The van der Waals surface area contributed by atoms with Gasteiger partial charge in [-0.15, -0.1) is 0 Å². The second-order valence-corrected chi connectivity index (χ2v) is 12.6. The van der Waals surface area contributed by atoms with Gasteiger partial charge in [-0.25, -0.2) is 8.42 Å². The highest BCUT2D eigenvalue weighted by atomic mass is 35.5. The molecule has 0 aliphatic carbocycles. The summed E-state index contributed by atoms with van der Waals surface area (Å²) < 4.78 is 26.8. The van der Waals surface area contributed by atoms with Crippen molar-refractivity contribution >= 4 is 50.7 Å². The number of rotatable bonds is 12. The summed E-state index contributed by atoms with van der Waals surface area (Å²) in [4.78, 5) is 29.3. The fourth-order valence-corrected chi connectivity index (χ4v) is 5.53. The van der Waals surface area contributed by atoms with E-state index >= 15 is 0 Å². The number of hydrogen-bond donors (Lipinski definition) is 1. The smallest absolute Gasteiger partial charge is 0.244 e. The molecule has 0 aliphatic heterocycles. The van der Waals surface area contributed by atoms with Gasteiger partial charge in [0, 0.05) is 24.0 Å². The molecule has 2 unspecified atom stereocenters. The van der Waals surface area contributed by atoms with Gasteiger partial charge in [-0.2, -0.15) is 0 Å². The number of carbonyl (C=O) groups excluding carboxylic acids is 2. The van der Waals surface area contributed by atoms with Gasteiger partial charge in [0.2, 0.25) is 21.8 Å². The lowest BCUT2D eigenvalue weighted by molar-refractivity contribution is -0.140. The van der Waals surface area contributed by atoms with Crippen LogP contribution in [0.25, 0.3) is 0 Å². The largest absolute Gasteiger partial charge is 0.352 e. The van der Waals surface area contributed by atoms with E-state index in [1.807, 2.05) is 75.4 Å². The summed E-state index contributed by atoms with van der Waals surface area (Å²) in [6.07, 6.45) is 1.96. The molecule has 1 N–H and O–H groups in total. The lowest BCUT2D eigenvalue weighted by atomic mass is 10.0. The first-order valence-corrected chi connectivity index (χ1v) is 15.6. The quantitative estimate of drug-likeness (QED) is 0.291. The van der Waals surface area contributed by atoms with Crippen LogP contribution in [0.15, 0.2) is 72.8 Å². The van der Waals surface area contributed by atoms with Gasteiger partial charge in [0.1, 0.15) is 12.6 Å². The van der Waals surface area contributed by atoms with Crippen molar-refractivity contribution in [1.29, 1.82) is 0 Å². The van der Waals surface area contributed by atoms with Crippen molar-refractivity contribution in [3.05, 3.63) is 99.5 Å². The second kappa shape index (κ2) is 14.0. The minimum Gasteiger partial charge on any atom is -0.352 e. The van der Waals surface area contributed by atoms with Crippen molar-refractivity contribution in [2.75, 3.05) is 17.1 Å². The first-order valence-electron chi connectivity index (χ1n) is 13.0. The Labute approximate surface area is 247 Å². The second-order valence-electron chi connectivity index (χ2n) is 9.84. The number of benzene rings is 3. The predicted octanol–water partition coefficient (Wildman–Crippen LogP) is 5.62. The molecule has 3 aromatic rings. The van der Waals surface area contributed by atoms with E-state index in [4.69, 9.17) is 23.2 Å².